The molecule has 1 N–H and O–H groups in total. The predicted octanol–water partition coefficient (Wildman–Crippen LogP) is 4.68. The molecule has 2 aromatic heterocycles. The minimum Gasteiger partial charge on any atom is -0.598 e. The molecule has 4 nitrogen and oxygen atoms in total. The Morgan fingerprint density at radius 3 is 2.56 bits per heavy atom. The topological polar surface area (TPSA) is 52.4 Å². The highest BCUT2D eigenvalue weighted by molar-refractivity contribution is 7.90. The molecule has 0 spiro atoms. The summed E-state index contributed by atoms with van der Waals surface area (Å²) in [7, 11) is 0. The first-order valence-electron chi connectivity index (χ1n) is 7.63. The van der Waals surface area contributed by atoms with Gasteiger partial charge in [0, 0.05) is 11.4 Å². The van der Waals surface area contributed by atoms with E-state index in [-0.39, 0.29) is 6.04 Å². The minimum atomic E-state index is -4.37. The van der Waals surface area contributed by atoms with Gasteiger partial charge < -0.3 is 4.55 Å². The van der Waals surface area contributed by atoms with E-state index < -0.39 is 27.8 Å². The number of hydrogen-bond acceptors (Lipinski definition) is 4. The van der Waals surface area contributed by atoms with Crippen molar-refractivity contribution in [2.24, 2.45) is 0 Å². The molecule has 2 atom stereocenters. The van der Waals surface area contributed by atoms with Crippen molar-refractivity contribution in [3.05, 3.63) is 35.8 Å². The third-order valence-electron chi connectivity index (χ3n) is 3.75. The van der Waals surface area contributed by atoms with Crippen LogP contribution in [0.3, 0.4) is 0 Å². The van der Waals surface area contributed by atoms with Crippen LogP contribution in [0.1, 0.15) is 45.0 Å². The van der Waals surface area contributed by atoms with Gasteiger partial charge >= 0.3 is 6.18 Å². The maximum Gasteiger partial charge on any atom is 0.416 e. The number of alkyl halides is 3. The summed E-state index contributed by atoms with van der Waals surface area (Å²) in [5, 5.41) is 0. The van der Waals surface area contributed by atoms with Crippen LogP contribution in [0.15, 0.2) is 24.5 Å². The fraction of sp³-hybridized carbons (Fsp3) is 0.438. The number of aromatic nitrogens is 2. The normalized spacial score (nSPS) is 15.8. The van der Waals surface area contributed by atoms with Gasteiger partial charge in [0.1, 0.15) is 15.9 Å². The van der Waals surface area contributed by atoms with Gasteiger partial charge in [-0.2, -0.15) is 13.2 Å². The lowest BCUT2D eigenvalue weighted by Crippen LogP contribution is -2.40. The Bertz CT molecular complexity index is 911. The smallest absolute Gasteiger partial charge is 0.416 e. The quantitative estimate of drug-likeness (QED) is 0.662. The Morgan fingerprint density at radius 1 is 1.28 bits per heavy atom. The molecule has 25 heavy (non-hydrogen) atoms. The number of benzene rings is 1. The second kappa shape index (κ2) is 6.15. The van der Waals surface area contributed by atoms with Gasteiger partial charge in [-0.1, -0.05) is 0 Å². The molecule has 3 rings (SSSR count). The second-order valence-corrected chi connectivity index (χ2v) is 9.84. The van der Waals surface area contributed by atoms with Gasteiger partial charge in [-0.05, 0) is 45.9 Å². The second-order valence-electron chi connectivity index (χ2n) is 6.81. The molecule has 1 unspecified atom stereocenters. The molecule has 0 saturated heterocycles. The van der Waals surface area contributed by atoms with E-state index in [1.54, 1.807) is 10.7 Å². The summed E-state index contributed by atoms with van der Waals surface area (Å²) < 4.78 is 55.9. The van der Waals surface area contributed by atoms with Crippen LogP contribution in [0.25, 0.3) is 15.0 Å². The largest absolute Gasteiger partial charge is 0.598 e. The van der Waals surface area contributed by atoms with E-state index >= 15 is 0 Å². The van der Waals surface area contributed by atoms with Gasteiger partial charge in [0.05, 0.1) is 27.5 Å². The number of rotatable bonds is 3. The van der Waals surface area contributed by atoms with E-state index in [0.29, 0.717) is 15.9 Å². The van der Waals surface area contributed by atoms with Crippen molar-refractivity contribution in [2.75, 3.05) is 0 Å². The number of nitrogens with one attached hydrogen (secondary N) is 1. The van der Waals surface area contributed by atoms with E-state index in [2.05, 4.69) is 9.71 Å². The molecule has 0 bridgehead atoms. The molecule has 0 aliphatic rings. The lowest BCUT2D eigenvalue weighted by Gasteiger charge is -2.25. The maximum absolute atomic E-state index is 12.9. The fourth-order valence-electron chi connectivity index (χ4n) is 2.39. The molecular formula is C16H18F3N3OS2. The zero-order valence-electron chi connectivity index (χ0n) is 14.1. The molecule has 136 valence electrons. The third-order valence-corrected chi connectivity index (χ3v) is 6.58. The van der Waals surface area contributed by atoms with Crippen molar-refractivity contribution >= 4 is 37.7 Å². The highest BCUT2D eigenvalue weighted by atomic mass is 32.2. The van der Waals surface area contributed by atoms with Crippen LogP contribution in [0.4, 0.5) is 13.2 Å². The molecule has 9 heteroatoms. The zero-order chi connectivity index (χ0) is 18.6. The number of halogens is 3. The monoisotopic (exact) mass is 389 g/mol. The molecule has 0 aliphatic carbocycles. The Kier molecular flexibility index (Phi) is 4.55. The molecule has 0 amide bonds. The van der Waals surface area contributed by atoms with Gasteiger partial charge in [-0.25, -0.2) is 4.98 Å². The Balaban J connectivity index is 2.00. The summed E-state index contributed by atoms with van der Waals surface area (Å²) in [5.74, 6) is 0. The van der Waals surface area contributed by atoms with Gasteiger partial charge in [0.25, 0.3) is 0 Å². The maximum atomic E-state index is 12.9. The van der Waals surface area contributed by atoms with Gasteiger partial charge in [-0.3, -0.25) is 4.40 Å². The highest BCUT2D eigenvalue weighted by Crippen LogP contribution is 2.36. The summed E-state index contributed by atoms with van der Waals surface area (Å²) >= 11 is -0.0219. The standard InChI is InChI=1S/C16H18F3N3OS2/c1-9(21-25(23)15(2,3)4)13-14-22(8-20-13)11-6-5-10(16(17,18)19)7-12(11)24-14/h5-9,21H,1-4H3/t9-,25?/m0/s1. The molecule has 1 aromatic carbocycles. The zero-order valence-corrected chi connectivity index (χ0v) is 15.8. The van der Waals surface area contributed by atoms with Gasteiger partial charge in [0.2, 0.25) is 0 Å². The van der Waals surface area contributed by atoms with Crippen molar-refractivity contribution in [2.45, 2.75) is 44.7 Å². The molecule has 0 saturated carbocycles. The van der Waals surface area contributed by atoms with Crippen molar-refractivity contribution < 1.29 is 17.7 Å². The van der Waals surface area contributed by atoms with Crippen LogP contribution < -0.4 is 4.72 Å². The molecule has 2 heterocycles. The highest BCUT2D eigenvalue weighted by Gasteiger charge is 2.32. The van der Waals surface area contributed by atoms with Crippen LogP contribution >= 0.6 is 11.3 Å². The molecular weight excluding hydrogens is 371 g/mol. The summed E-state index contributed by atoms with van der Waals surface area (Å²) in [6.07, 6.45) is -2.78. The first-order valence-corrected chi connectivity index (χ1v) is 9.60. The number of hydrogen-bond donors (Lipinski definition) is 1. The van der Waals surface area contributed by atoms with E-state index in [4.69, 9.17) is 0 Å². The van der Waals surface area contributed by atoms with E-state index in [1.165, 1.54) is 17.4 Å². The van der Waals surface area contributed by atoms with Gasteiger partial charge in [-0.15, -0.1) is 16.1 Å². The minimum absolute atomic E-state index is 0.291. The van der Waals surface area contributed by atoms with Crippen molar-refractivity contribution in [3.63, 3.8) is 0 Å². The average molecular weight is 389 g/mol. The molecule has 0 radical (unpaired) electrons. The lowest BCUT2D eigenvalue weighted by atomic mass is 10.2. The van der Waals surface area contributed by atoms with Crippen LogP contribution in [0.2, 0.25) is 0 Å². The number of nitrogens with zero attached hydrogens (tertiary/aromatic N) is 2. The first-order chi connectivity index (χ1) is 11.5. The number of fused-ring (bicyclic) bond motifs is 3. The van der Waals surface area contributed by atoms with Crippen molar-refractivity contribution in [1.82, 2.24) is 14.1 Å². The predicted molar refractivity (Wildman–Crippen MR) is 95.0 cm³/mol. The summed E-state index contributed by atoms with van der Waals surface area (Å²) in [6, 6.07) is 3.39. The summed E-state index contributed by atoms with van der Waals surface area (Å²) in [6.45, 7) is 7.44. The van der Waals surface area contributed by atoms with E-state index in [1.807, 2.05) is 27.7 Å². The van der Waals surface area contributed by atoms with Crippen molar-refractivity contribution in [3.8, 4) is 0 Å². The molecule has 3 aromatic rings. The molecule has 0 aliphatic heterocycles. The first kappa shape index (κ1) is 18.5. The summed E-state index contributed by atoms with van der Waals surface area (Å²) in [4.78, 5) is 5.12. The van der Waals surface area contributed by atoms with E-state index in [0.717, 1.165) is 17.0 Å². The Morgan fingerprint density at radius 2 is 1.96 bits per heavy atom. The van der Waals surface area contributed by atoms with Crippen LogP contribution in [0.5, 0.6) is 0 Å². The molecule has 0 fully saturated rings. The van der Waals surface area contributed by atoms with Crippen molar-refractivity contribution in [1.29, 1.82) is 0 Å². The fourth-order valence-corrected chi connectivity index (χ4v) is 4.42. The average Bonchev–Trinajstić information content (AvgIpc) is 3.02. The van der Waals surface area contributed by atoms with E-state index in [9.17, 15) is 17.7 Å². The number of thiazole rings is 1. The van der Waals surface area contributed by atoms with Crippen LogP contribution in [-0.2, 0) is 17.5 Å². The Labute approximate surface area is 150 Å². The number of imidazole rings is 1. The SMILES string of the molecule is C[C@H](N[S+]([O-])C(C)(C)C)c1ncn2c1sc1cc(C(F)(F)F)ccc12. The summed E-state index contributed by atoms with van der Waals surface area (Å²) in [5.41, 5.74) is 0.683. The van der Waals surface area contributed by atoms with Gasteiger partial charge in [0.15, 0.2) is 0 Å². The van der Waals surface area contributed by atoms with Crippen LogP contribution in [0, 0.1) is 0 Å². The Hall–Kier alpha value is -1.29. The third kappa shape index (κ3) is 3.51. The van der Waals surface area contributed by atoms with Crippen LogP contribution in [-0.4, -0.2) is 18.7 Å². The lowest BCUT2D eigenvalue weighted by molar-refractivity contribution is -0.137.